The Labute approximate surface area is 111 Å². The third-order valence-electron chi connectivity index (χ3n) is 3.85. The molecule has 1 aromatic carbocycles. The maximum absolute atomic E-state index is 12.5. The summed E-state index contributed by atoms with van der Waals surface area (Å²) in [5.41, 5.74) is 4.59. The van der Waals surface area contributed by atoms with Crippen LogP contribution in [-0.2, 0) is 12.8 Å². The molecule has 0 saturated heterocycles. The molecule has 98 valence electrons. The first-order chi connectivity index (χ1) is 9.09. The molecular weight excluding hydrogens is 240 g/mol. The Bertz CT molecular complexity index is 700. The Morgan fingerprint density at radius 2 is 1.84 bits per heavy atom. The van der Waals surface area contributed by atoms with Gasteiger partial charge in [0.15, 0.2) is 0 Å². The highest BCUT2D eigenvalue weighted by Gasteiger charge is 2.31. The molecule has 1 aromatic heterocycles. The minimum absolute atomic E-state index is 0.545. The second-order valence-corrected chi connectivity index (χ2v) is 5.15. The van der Waals surface area contributed by atoms with Crippen LogP contribution < -0.4 is 4.43 Å². The third-order valence-corrected chi connectivity index (χ3v) is 3.85. The van der Waals surface area contributed by atoms with E-state index in [1.165, 1.54) is 4.73 Å². The van der Waals surface area contributed by atoms with Crippen LogP contribution in [0.4, 0.5) is 0 Å². The summed E-state index contributed by atoms with van der Waals surface area (Å²) in [5.74, 6) is 0. The largest absolute Gasteiger partial charge is 0.428 e. The lowest BCUT2D eigenvalue weighted by atomic mass is 10.1. The zero-order valence-corrected chi connectivity index (χ0v) is 11.2. The summed E-state index contributed by atoms with van der Waals surface area (Å²) in [6, 6.07) is 7.80. The van der Waals surface area contributed by atoms with Gasteiger partial charge in [0.1, 0.15) is 11.4 Å². The van der Waals surface area contributed by atoms with Crippen molar-refractivity contribution in [2.24, 2.45) is 0 Å². The van der Waals surface area contributed by atoms with Crippen LogP contribution in [-0.4, -0.2) is 9.94 Å². The average molecular weight is 257 g/mol. The molecule has 1 heterocycles. The van der Waals surface area contributed by atoms with E-state index >= 15 is 0 Å². The summed E-state index contributed by atoms with van der Waals surface area (Å²) in [6.07, 6.45) is 2.43. The number of hydrogen-bond donors (Lipinski definition) is 1. The van der Waals surface area contributed by atoms with Gasteiger partial charge in [-0.1, -0.05) is 17.7 Å². The van der Waals surface area contributed by atoms with Crippen LogP contribution in [0.1, 0.15) is 29.1 Å². The number of hydrogen-bond acceptors (Lipinski definition) is 2. The number of rotatable bonds is 1. The van der Waals surface area contributed by atoms with Crippen molar-refractivity contribution in [3.63, 3.8) is 0 Å². The molecule has 0 spiro atoms. The predicted molar refractivity (Wildman–Crippen MR) is 71.9 cm³/mol. The van der Waals surface area contributed by atoms with E-state index in [1.807, 2.05) is 31.2 Å². The lowest BCUT2D eigenvalue weighted by molar-refractivity contribution is -0.494. The molecule has 0 aliphatic heterocycles. The number of aromatic nitrogens is 2. The van der Waals surface area contributed by atoms with Crippen LogP contribution in [0.15, 0.2) is 24.3 Å². The summed E-state index contributed by atoms with van der Waals surface area (Å²) in [7, 11) is 0. The van der Waals surface area contributed by atoms with Crippen molar-refractivity contribution in [2.45, 2.75) is 33.1 Å². The van der Waals surface area contributed by atoms with Crippen molar-refractivity contribution in [3.05, 3.63) is 51.8 Å². The van der Waals surface area contributed by atoms with Crippen LogP contribution >= 0.6 is 0 Å². The highest BCUT2D eigenvalue weighted by molar-refractivity contribution is 5.59. The van der Waals surface area contributed by atoms with Crippen LogP contribution in [0.2, 0.25) is 0 Å². The molecule has 0 amide bonds. The van der Waals surface area contributed by atoms with Crippen LogP contribution in [0, 0.1) is 18.8 Å². The average Bonchev–Trinajstić information content (AvgIpc) is 2.88. The minimum Gasteiger partial charge on any atom is -0.428 e. The van der Waals surface area contributed by atoms with Crippen LogP contribution in [0.5, 0.6) is 0 Å². The molecule has 4 heteroatoms. The summed E-state index contributed by atoms with van der Waals surface area (Å²) < 4.78 is 2.18. The molecule has 4 nitrogen and oxygen atoms in total. The zero-order chi connectivity index (χ0) is 13.6. The van der Waals surface area contributed by atoms with E-state index < -0.39 is 0 Å². The summed E-state index contributed by atoms with van der Waals surface area (Å²) in [6.45, 7) is 3.79. The standard InChI is InChI=1S/C15H17N2O2/c1-10-6-8-12(9-7-10)15-11(2)16(18)13-4-3-5-14(13)17(15)19/h6-9,18H,3-5H2,1-2H3/q+1. The second-order valence-electron chi connectivity index (χ2n) is 5.15. The van der Waals surface area contributed by atoms with Gasteiger partial charge in [0.05, 0.1) is 9.99 Å². The van der Waals surface area contributed by atoms with Gasteiger partial charge in [-0.15, -0.1) is 0 Å². The van der Waals surface area contributed by atoms with Crippen molar-refractivity contribution in [1.82, 2.24) is 4.73 Å². The molecule has 0 fully saturated rings. The Morgan fingerprint density at radius 3 is 2.53 bits per heavy atom. The maximum atomic E-state index is 12.5. The fourth-order valence-corrected chi connectivity index (χ4v) is 2.78. The first-order valence-electron chi connectivity index (χ1n) is 6.56. The predicted octanol–water partition coefficient (Wildman–Crippen LogP) is 2.41. The summed E-state index contributed by atoms with van der Waals surface area (Å²) in [4.78, 5) is 12.5. The monoisotopic (exact) mass is 257 g/mol. The van der Waals surface area contributed by atoms with Gasteiger partial charge in [0.25, 0.3) is 11.4 Å². The highest BCUT2D eigenvalue weighted by Crippen LogP contribution is 2.25. The second kappa shape index (κ2) is 4.23. The van der Waals surface area contributed by atoms with Crippen molar-refractivity contribution >= 4 is 0 Å². The lowest BCUT2D eigenvalue weighted by Gasteiger charge is -2.07. The Kier molecular flexibility index (Phi) is 2.66. The molecule has 0 atom stereocenters. The first kappa shape index (κ1) is 12.0. The summed E-state index contributed by atoms with van der Waals surface area (Å²) >= 11 is 0. The van der Waals surface area contributed by atoms with Gasteiger partial charge < -0.3 is 5.21 Å². The number of aryl methyl sites for hydroxylation is 1. The van der Waals surface area contributed by atoms with E-state index in [0.29, 0.717) is 17.1 Å². The number of fused-ring (bicyclic) bond motifs is 1. The Hall–Kier alpha value is -2.10. The fraction of sp³-hybridized carbons (Fsp3) is 0.333. The number of benzene rings is 1. The third kappa shape index (κ3) is 1.75. The van der Waals surface area contributed by atoms with Crippen LogP contribution in [0.25, 0.3) is 11.3 Å². The molecule has 1 N–H and O–H groups in total. The quantitative estimate of drug-likeness (QED) is 0.630. The van der Waals surface area contributed by atoms with Gasteiger partial charge in [-0.25, -0.2) is 0 Å². The van der Waals surface area contributed by atoms with Crippen molar-refractivity contribution in [3.8, 4) is 11.3 Å². The molecule has 1 aliphatic carbocycles. The lowest BCUT2D eigenvalue weighted by Crippen LogP contribution is -2.29. The highest BCUT2D eigenvalue weighted by atomic mass is 16.5. The molecule has 19 heavy (non-hydrogen) atoms. The van der Waals surface area contributed by atoms with Gasteiger partial charge in [0.2, 0.25) is 0 Å². The van der Waals surface area contributed by atoms with Gasteiger partial charge in [-0.3, -0.25) is 0 Å². The van der Waals surface area contributed by atoms with Gasteiger partial charge in [0, 0.05) is 11.3 Å². The summed E-state index contributed by atoms with van der Waals surface area (Å²) in [5, 5.41) is 10.2. The molecule has 2 aromatic rings. The van der Waals surface area contributed by atoms with E-state index in [1.54, 1.807) is 6.92 Å². The molecule has 1 aliphatic rings. The van der Waals surface area contributed by atoms with E-state index in [9.17, 15) is 10.1 Å². The zero-order valence-electron chi connectivity index (χ0n) is 11.2. The molecule has 0 radical (unpaired) electrons. The Balaban J connectivity index is 2.30. The smallest absolute Gasteiger partial charge is 0.292 e. The van der Waals surface area contributed by atoms with Crippen molar-refractivity contribution in [2.75, 3.05) is 0 Å². The molecular formula is C15H17N2O2+. The van der Waals surface area contributed by atoms with E-state index in [-0.39, 0.29) is 0 Å². The normalized spacial score (nSPS) is 13.6. The molecule has 0 bridgehead atoms. The van der Waals surface area contributed by atoms with E-state index in [4.69, 9.17) is 0 Å². The molecule has 3 rings (SSSR count). The fourth-order valence-electron chi connectivity index (χ4n) is 2.78. The minimum atomic E-state index is 0.545. The Morgan fingerprint density at radius 1 is 1.16 bits per heavy atom. The number of nitrogens with zero attached hydrogens (tertiary/aromatic N) is 2. The molecule has 0 unspecified atom stereocenters. The SMILES string of the molecule is Cc1ccc(-c2c(C)n(O)c3c([n+]2=O)CCC3)cc1. The van der Waals surface area contributed by atoms with Crippen molar-refractivity contribution < 1.29 is 9.63 Å². The van der Waals surface area contributed by atoms with Gasteiger partial charge in [-0.05, 0) is 38.8 Å². The maximum Gasteiger partial charge on any atom is 0.292 e. The van der Waals surface area contributed by atoms with Crippen molar-refractivity contribution in [1.29, 1.82) is 0 Å². The van der Waals surface area contributed by atoms with Crippen LogP contribution in [0.3, 0.4) is 0 Å². The van der Waals surface area contributed by atoms with E-state index in [2.05, 4.69) is 0 Å². The topological polar surface area (TPSA) is 48.1 Å². The van der Waals surface area contributed by atoms with Gasteiger partial charge >= 0.3 is 0 Å². The van der Waals surface area contributed by atoms with E-state index in [0.717, 1.165) is 40.5 Å². The van der Waals surface area contributed by atoms with Gasteiger partial charge in [-0.2, -0.15) is 4.73 Å². The molecule has 0 saturated carbocycles. The first-order valence-corrected chi connectivity index (χ1v) is 6.56.